The Hall–Kier alpha value is -3.45. The van der Waals surface area contributed by atoms with Crippen LogP contribution in [0.25, 0.3) is 21.9 Å². The second kappa shape index (κ2) is 8.59. The van der Waals surface area contributed by atoms with Gasteiger partial charge in [0.1, 0.15) is 0 Å². The number of nitrogens with zero attached hydrogens (tertiary/aromatic N) is 2. The zero-order chi connectivity index (χ0) is 23.8. The zero-order valence-corrected chi connectivity index (χ0v) is 19.2. The molecule has 7 nitrogen and oxygen atoms in total. The van der Waals surface area contributed by atoms with Crippen LogP contribution in [0.5, 0.6) is 0 Å². The summed E-state index contributed by atoms with van der Waals surface area (Å²) in [4.78, 5) is 39.2. The van der Waals surface area contributed by atoms with Crippen LogP contribution in [0.4, 0.5) is 0 Å². The second-order valence-electron chi connectivity index (χ2n) is 8.90. The highest BCUT2D eigenvalue weighted by molar-refractivity contribution is 6.00. The number of hydrogen-bond acceptors (Lipinski definition) is 4. The lowest BCUT2D eigenvalue weighted by Crippen LogP contribution is -2.32. The molecule has 1 heterocycles. The Labute approximate surface area is 186 Å². The van der Waals surface area contributed by atoms with Crippen molar-refractivity contribution in [3.8, 4) is 11.1 Å². The van der Waals surface area contributed by atoms with E-state index in [1.165, 1.54) is 9.47 Å². The minimum absolute atomic E-state index is 0.137. The fraction of sp³-hybridized carbons (Fsp3) is 0.320. The first-order chi connectivity index (χ1) is 14.9. The van der Waals surface area contributed by atoms with Crippen LogP contribution in [0.3, 0.4) is 0 Å². The SMILES string of the molecule is CN(C)C(=O)c1ccc(-c2c(C(OC(C)(C)C)C(=O)O)n(C)c(=O)c3ccccc23)cc1. The Morgan fingerprint density at radius 3 is 2.06 bits per heavy atom. The van der Waals surface area contributed by atoms with Gasteiger partial charge in [-0.25, -0.2) is 4.79 Å². The minimum Gasteiger partial charge on any atom is -0.479 e. The van der Waals surface area contributed by atoms with E-state index in [-0.39, 0.29) is 17.2 Å². The van der Waals surface area contributed by atoms with Crippen LogP contribution >= 0.6 is 0 Å². The minimum atomic E-state index is -1.37. The lowest BCUT2D eigenvalue weighted by atomic mass is 9.93. The number of aliphatic carboxylic acids is 1. The van der Waals surface area contributed by atoms with Gasteiger partial charge in [-0.05, 0) is 49.9 Å². The number of hydrogen-bond donors (Lipinski definition) is 1. The first-order valence-corrected chi connectivity index (χ1v) is 10.3. The third-order valence-electron chi connectivity index (χ3n) is 5.12. The Morgan fingerprint density at radius 2 is 1.56 bits per heavy atom. The highest BCUT2D eigenvalue weighted by atomic mass is 16.5. The molecule has 1 atom stereocenters. The van der Waals surface area contributed by atoms with Gasteiger partial charge in [-0.3, -0.25) is 9.59 Å². The molecule has 0 spiro atoms. The van der Waals surface area contributed by atoms with E-state index in [1.54, 1.807) is 90.4 Å². The molecule has 0 radical (unpaired) electrons. The molecule has 2 aromatic carbocycles. The number of benzene rings is 2. The molecule has 0 aliphatic rings. The van der Waals surface area contributed by atoms with E-state index in [2.05, 4.69) is 0 Å². The second-order valence-corrected chi connectivity index (χ2v) is 8.90. The number of carboxylic acids is 1. The standard InChI is InChI=1S/C25H28N2O5/c1-25(2,3)32-21(24(30)31)20-19(15-11-13-16(14-12-15)22(28)26(4)5)17-9-7-8-10-18(17)23(29)27(20)6/h7-14,21H,1-6H3,(H,30,31). The van der Waals surface area contributed by atoms with Crippen LogP contribution in [-0.2, 0) is 16.6 Å². The number of ether oxygens (including phenoxy) is 1. The largest absolute Gasteiger partial charge is 0.479 e. The summed E-state index contributed by atoms with van der Waals surface area (Å²) in [6, 6.07) is 14.0. The Balaban J connectivity index is 2.37. The first kappa shape index (κ1) is 23.2. The van der Waals surface area contributed by atoms with Gasteiger partial charge in [0, 0.05) is 37.7 Å². The molecular formula is C25H28N2O5. The van der Waals surface area contributed by atoms with Crippen molar-refractivity contribution in [2.45, 2.75) is 32.5 Å². The molecule has 1 amide bonds. The Morgan fingerprint density at radius 1 is 1.00 bits per heavy atom. The number of carbonyl (C=O) groups is 2. The summed E-state index contributed by atoms with van der Waals surface area (Å²) in [5.74, 6) is -1.33. The number of pyridine rings is 1. The fourth-order valence-electron chi connectivity index (χ4n) is 3.71. The van der Waals surface area contributed by atoms with Crippen molar-refractivity contribution < 1.29 is 19.4 Å². The van der Waals surface area contributed by atoms with Crippen LogP contribution in [-0.4, -0.2) is 46.1 Å². The van der Waals surface area contributed by atoms with Crippen molar-refractivity contribution >= 4 is 22.6 Å². The average Bonchev–Trinajstić information content (AvgIpc) is 2.73. The molecule has 0 aliphatic heterocycles. The number of aromatic nitrogens is 1. The normalized spacial score (nSPS) is 12.6. The van der Waals surface area contributed by atoms with E-state index >= 15 is 0 Å². The molecule has 0 saturated heterocycles. The van der Waals surface area contributed by atoms with Gasteiger partial charge in [0.05, 0.1) is 11.3 Å². The monoisotopic (exact) mass is 436 g/mol. The fourth-order valence-corrected chi connectivity index (χ4v) is 3.71. The Kier molecular flexibility index (Phi) is 6.23. The van der Waals surface area contributed by atoms with Gasteiger partial charge < -0.3 is 19.3 Å². The molecule has 1 N–H and O–H groups in total. The van der Waals surface area contributed by atoms with Crippen molar-refractivity contribution in [3.05, 3.63) is 70.1 Å². The topological polar surface area (TPSA) is 88.8 Å². The van der Waals surface area contributed by atoms with E-state index < -0.39 is 17.7 Å². The summed E-state index contributed by atoms with van der Waals surface area (Å²) in [6.45, 7) is 5.30. The molecule has 1 unspecified atom stereocenters. The average molecular weight is 437 g/mol. The van der Waals surface area contributed by atoms with Gasteiger partial charge in [0.15, 0.2) is 6.10 Å². The van der Waals surface area contributed by atoms with Gasteiger partial charge in [0.2, 0.25) is 0 Å². The van der Waals surface area contributed by atoms with E-state index in [1.807, 2.05) is 0 Å². The third-order valence-corrected chi connectivity index (χ3v) is 5.12. The van der Waals surface area contributed by atoms with Gasteiger partial charge in [0.25, 0.3) is 11.5 Å². The molecule has 3 aromatic rings. The summed E-state index contributed by atoms with van der Waals surface area (Å²) < 4.78 is 7.25. The van der Waals surface area contributed by atoms with Gasteiger partial charge in [-0.15, -0.1) is 0 Å². The summed E-state index contributed by atoms with van der Waals surface area (Å²) in [6.07, 6.45) is -1.37. The van der Waals surface area contributed by atoms with Gasteiger partial charge in [-0.2, -0.15) is 0 Å². The van der Waals surface area contributed by atoms with Crippen molar-refractivity contribution in [3.63, 3.8) is 0 Å². The summed E-state index contributed by atoms with van der Waals surface area (Å²) in [5, 5.41) is 11.1. The van der Waals surface area contributed by atoms with Crippen LogP contribution in [0.1, 0.15) is 42.9 Å². The van der Waals surface area contributed by atoms with Crippen LogP contribution in [0, 0.1) is 0 Å². The van der Waals surface area contributed by atoms with Gasteiger partial charge in [-0.1, -0.05) is 30.3 Å². The summed E-state index contributed by atoms with van der Waals surface area (Å²) in [7, 11) is 4.91. The van der Waals surface area contributed by atoms with E-state index in [0.717, 1.165) is 0 Å². The Bertz CT molecular complexity index is 1230. The molecule has 32 heavy (non-hydrogen) atoms. The number of amides is 1. The zero-order valence-electron chi connectivity index (χ0n) is 19.2. The molecule has 1 aromatic heterocycles. The molecule has 0 aliphatic carbocycles. The number of fused-ring (bicyclic) bond motifs is 1. The predicted molar refractivity (Wildman–Crippen MR) is 124 cm³/mol. The lowest BCUT2D eigenvalue weighted by Gasteiger charge is -2.28. The van der Waals surface area contributed by atoms with Crippen molar-refractivity contribution in [1.82, 2.24) is 9.47 Å². The maximum absolute atomic E-state index is 13.1. The first-order valence-electron chi connectivity index (χ1n) is 10.3. The number of carbonyl (C=O) groups excluding carboxylic acids is 1. The molecule has 0 bridgehead atoms. The van der Waals surface area contributed by atoms with E-state index in [9.17, 15) is 19.5 Å². The summed E-state index contributed by atoms with van der Waals surface area (Å²) >= 11 is 0. The van der Waals surface area contributed by atoms with Crippen LogP contribution in [0.15, 0.2) is 53.3 Å². The van der Waals surface area contributed by atoms with Crippen LogP contribution < -0.4 is 5.56 Å². The van der Waals surface area contributed by atoms with E-state index in [0.29, 0.717) is 27.5 Å². The van der Waals surface area contributed by atoms with Gasteiger partial charge >= 0.3 is 5.97 Å². The predicted octanol–water partition coefficient (Wildman–Crippen LogP) is 3.85. The lowest BCUT2D eigenvalue weighted by molar-refractivity contribution is -0.161. The van der Waals surface area contributed by atoms with E-state index in [4.69, 9.17) is 4.74 Å². The van der Waals surface area contributed by atoms with Crippen molar-refractivity contribution in [1.29, 1.82) is 0 Å². The molecule has 3 rings (SSSR count). The highest BCUT2D eigenvalue weighted by Crippen LogP contribution is 2.36. The third kappa shape index (κ3) is 4.43. The van der Waals surface area contributed by atoms with Crippen molar-refractivity contribution in [2.75, 3.05) is 14.1 Å². The molecule has 0 saturated carbocycles. The molecule has 0 fully saturated rings. The smallest absolute Gasteiger partial charge is 0.339 e. The highest BCUT2D eigenvalue weighted by Gasteiger charge is 2.32. The van der Waals surface area contributed by atoms with Crippen LogP contribution in [0.2, 0.25) is 0 Å². The molecule has 168 valence electrons. The molecular weight excluding hydrogens is 408 g/mol. The van der Waals surface area contributed by atoms with Crippen molar-refractivity contribution in [2.24, 2.45) is 7.05 Å². The maximum atomic E-state index is 13.1. The molecule has 7 heteroatoms. The maximum Gasteiger partial charge on any atom is 0.339 e. The number of carboxylic acid groups (broad SMARTS) is 1. The quantitative estimate of drug-likeness (QED) is 0.656. The summed E-state index contributed by atoms with van der Waals surface area (Å²) in [5.41, 5.74) is 0.971. The number of rotatable bonds is 5.